The Labute approximate surface area is 198 Å². The van der Waals surface area contributed by atoms with Crippen molar-refractivity contribution in [2.24, 2.45) is 5.92 Å². The highest BCUT2D eigenvalue weighted by Crippen LogP contribution is 2.37. The van der Waals surface area contributed by atoms with Crippen molar-refractivity contribution < 1.29 is 14.3 Å². The molecule has 9 heteroatoms. The Hall–Kier alpha value is -2.51. The summed E-state index contributed by atoms with van der Waals surface area (Å²) in [5.41, 5.74) is 7.70. The van der Waals surface area contributed by atoms with Crippen molar-refractivity contribution in [3.63, 3.8) is 0 Å². The molecule has 1 amide bonds. The zero-order valence-electron chi connectivity index (χ0n) is 18.4. The number of carbonyl (C=O) groups excluding carboxylic acids is 2. The molecule has 1 aliphatic rings. The molecular weight excluding hydrogens is 451 g/mol. The van der Waals surface area contributed by atoms with Crippen molar-refractivity contribution in [3.8, 4) is 0 Å². The van der Waals surface area contributed by atoms with Gasteiger partial charge in [-0.2, -0.15) is 0 Å². The van der Waals surface area contributed by atoms with Gasteiger partial charge < -0.3 is 20.3 Å². The van der Waals surface area contributed by atoms with Crippen LogP contribution in [-0.2, 0) is 14.3 Å². The van der Waals surface area contributed by atoms with E-state index in [1.807, 2.05) is 24.3 Å². The summed E-state index contributed by atoms with van der Waals surface area (Å²) in [6.07, 6.45) is 1.28. The number of benzene rings is 1. The third kappa shape index (κ3) is 5.45. The van der Waals surface area contributed by atoms with Crippen molar-refractivity contribution in [1.29, 1.82) is 0 Å². The monoisotopic (exact) mass is 478 g/mol. The van der Waals surface area contributed by atoms with E-state index >= 15 is 0 Å². The number of rotatable bonds is 6. The summed E-state index contributed by atoms with van der Waals surface area (Å²) in [5, 5.41) is 1.08. The number of ether oxygens (including phenoxy) is 1. The average molecular weight is 479 g/mol. The number of nitrogens with two attached hydrogens (primary N) is 1. The predicted molar refractivity (Wildman–Crippen MR) is 127 cm³/mol. The highest BCUT2D eigenvalue weighted by Gasteiger charge is 2.40. The van der Waals surface area contributed by atoms with Crippen LogP contribution < -0.4 is 10.6 Å². The summed E-state index contributed by atoms with van der Waals surface area (Å²) >= 11 is 12.2. The minimum absolute atomic E-state index is 0.141. The molecule has 7 nitrogen and oxygen atoms in total. The van der Waals surface area contributed by atoms with Crippen molar-refractivity contribution in [3.05, 3.63) is 52.1 Å². The molecule has 0 aliphatic carbocycles. The van der Waals surface area contributed by atoms with E-state index in [1.165, 1.54) is 0 Å². The molecule has 2 aromatic rings. The second-order valence-corrected chi connectivity index (χ2v) is 9.00. The molecule has 3 rings (SSSR count). The third-order valence-electron chi connectivity index (χ3n) is 5.61. The lowest BCUT2D eigenvalue weighted by molar-refractivity contribution is -0.150. The van der Waals surface area contributed by atoms with Crippen molar-refractivity contribution >= 4 is 46.6 Å². The number of hydrogen-bond donors (Lipinski definition) is 1. The van der Waals surface area contributed by atoms with Gasteiger partial charge in [0.15, 0.2) is 5.82 Å². The van der Waals surface area contributed by atoms with E-state index in [0.29, 0.717) is 34.6 Å². The smallest absolute Gasteiger partial charge is 0.315 e. The normalized spacial score (nSPS) is 18.7. The molecule has 0 bridgehead atoms. The van der Waals surface area contributed by atoms with Crippen LogP contribution in [0.4, 0.5) is 11.5 Å². The van der Waals surface area contributed by atoms with Gasteiger partial charge in [-0.25, -0.2) is 4.98 Å². The molecule has 172 valence electrons. The van der Waals surface area contributed by atoms with E-state index in [2.05, 4.69) is 23.7 Å². The van der Waals surface area contributed by atoms with Gasteiger partial charge in [0.1, 0.15) is 6.42 Å². The fourth-order valence-corrected chi connectivity index (χ4v) is 4.33. The van der Waals surface area contributed by atoms with Crippen LogP contribution in [0.2, 0.25) is 10.0 Å². The molecule has 0 saturated carbocycles. The van der Waals surface area contributed by atoms with E-state index in [-0.39, 0.29) is 36.9 Å². The highest BCUT2D eigenvalue weighted by atomic mass is 35.5. The summed E-state index contributed by atoms with van der Waals surface area (Å²) < 4.78 is 4.99. The number of nitrogens with zero attached hydrogens (tertiary/aromatic N) is 3. The number of halogens is 2. The predicted octanol–water partition coefficient (Wildman–Crippen LogP) is 4.34. The van der Waals surface area contributed by atoms with Gasteiger partial charge in [-0.05, 0) is 36.6 Å². The molecule has 1 saturated heterocycles. The van der Waals surface area contributed by atoms with Crippen LogP contribution in [0.15, 0.2) is 36.5 Å². The van der Waals surface area contributed by atoms with Crippen LogP contribution in [0.25, 0.3) is 0 Å². The van der Waals surface area contributed by atoms with Crippen LogP contribution in [0.1, 0.15) is 38.8 Å². The van der Waals surface area contributed by atoms with E-state index in [0.717, 1.165) is 5.56 Å². The minimum atomic E-state index is -0.519. The number of hydrogen-bond acceptors (Lipinski definition) is 6. The number of carbonyl (C=O) groups is 2. The molecule has 1 aliphatic heterocycles. The second-order valence-electron chi connectivity index (χ2n) is 8.13. The van der Waals surface area contributed by atoms with Gasteiger partial charge in [-0.1, -0.05) is 49.2 Å². The molecule has 2 N–H and O–H groups in total. The quantitative estimate of drug-likeness (QED) is 0.490. The number of nitrogen functional groups attached to an aromatic ring is 1. The third-order valence-corrected chi connectivity index (χ3v) is 6.07. The first-order valence-corrected chi connectivity index (χ1v) is 11.3. The van der Waals surface area contributed by atoms with Gasteiger partial charge >= 0.3 is 5.97 Å². The van der Waals surface area contributed by atoms with E-state index in [4.69, 9.17) is 33.7 Å². The molecular formula is C23H28Cl2N4O3. The Bertz CT molecular complexity index is 968. The molecule has 2 heterocycles. The number of aromatic nitrogens is 1. The largest absolute Gasteiger partial charge is 0.466 e. The van der Waals surface area contributed by atoms with Gasteiger partial charge in [0.05, 0.1) is 29.4 Å². The molecule has 0 spiro atoms. The zero-order chi connectivity index (χ0) is 23.4. The number of pyridine rings is 1. The van der Waals surface area contributed by atoms with Gasteiger partial charge in [-0.15, -0.1) is 0 Å². The number of piperazine rings is 1. The number of esters is 1. The van der Waals surface area contributed by atoms with Gasteiger partial charge in [-0.3, -0.25) is 9.59 Å². The van der Waals surface area contributed by atoms with Crippen molar-refractivity contribution in [2.75, 3.05) is 30.3 Å². The molecule has 2 atom stereocenters. The van der Waals surface area contributed by atoms with Gasteiger partial charge in [0, 0.05) is 24.3 Å². The first kappa shape index (κ1) is 24.1. The van der Waals surface area contributed by atoms with Crippen molar-refractivity contribution in [1.82, 2.24) is 9.88 Å². The van der Waals surface area contributed by atoms with Crippen LogP contribution in [-0.4, -0.2) is 47.5 Å². The maximum Gasteiger partial charge on any atom is 0.315 e. The molecule has 32 heavy (non-hydrogen) atoms. The fourth-order valence-electron chi connectivity index (χ4n) is 4.03. The Morgan fingerprint density at radius 2 is 1.88 bits per heavy atom. The maximum absolute atomic E-state index is 13.1. The molecule has 1 aromatic carbocycles. The Kier molecular flexibility index (Phi) is 7.85. The summed E-state index contributed by atoms with van der Waals surface area (Å²) in [4.78, 5) is 33.5. The molecule has 0 radical (unpaired) electrons. The highest BCUT2D eigenvalue weighted by molar-refractivity contribution is 6.31. The number of anilines is 2. The van der Waals surface area contributed by atoms with Crippen LogP contribution in [0, 0.1) is 5.92 Å². The minimum Gasteiger partial charge on any atom is -0.466 e. The summed E-state index contributed by atoms with van der Waals surface area (Å²) in [6.45, 7) is 6.93. The lowest BCUT2D eigenvalue weighted by Gasteiger charge is -2.48. The average Bonchev–Trinajstić information content (AvgIpc) is 2.73. The van der Waals surface area contributed by atoms with E-state index < -0.39 is 5.97 Å². The number of amides is 1. The van der Waals surface area contributed by atoms with E-state index in [1.54, 1.807) is 24.1 Å². The first-order valence-electron chi connectivity index (χ1n) is 10.6. The van der Waals surface area contributed by atoms with Gasteiger partial charge in [0.25, 0.3) is 0 Å². The second kappa shape index (κ2) is 10.4. The standard InChI is InChI=1S/C23H28Cl2N4O3/c1-4-32-22(31)10-21(30)28-13-20(15-5-7-16(24)8-6-15)29(12-19(28)14(2)3)23-18(26)9-17(25)11-27-23/h5-9,11,14,19-20H,4,10,12-13,26H2,1-3H3. The summed E-state index contributed by atoms with van der Waals surface area (Å²) in [7, 11) is 0. The van der Waals surface area contributed by atoms with E-state index in [9.17, 15) is 9.59 Å². The molecule has 1 fully saturated rings. The summed E-state index contributed by atoms with van der Waals surface area (Å²) in [5.74, 6) is -0.0206. The topological polar surface area (TPSA) is 88.8 Å². The lowest BCUT2D eigenvalue weighted by Crippen LogP contribution is -2.59. The van der Waals surface area contributed by atoms with Crippen LogP contribution in [0.5, 0.6) is 0 Å². The first-order chi connectivity index (χ1) is 15.2. The Morgan fingerprint density at radius 3 is 2.47 bits per heavy atom. The van der Waals surface area contributed by atoms with Crippen molar-refractivity contribution in [2.45, 2.75) is 39.3 Å². The molecule has 1 aromatic heterocycles. The maximum atomic E-state index is 13.1. The Morgan fingerprint density at radius 1 is 1.19 bits per heavy atom. The zero-order valence-corrected chi connectivity index (χ0v) is 19.9. The van der Waals surface area contributed by atoms with Crippen LogP contribution >= 0.6 is 23.2 Å². The van der Waals surface area contributed by atoms with Crippen LogP contribution in [0.3, 0.4) is 0 Å². The summed E-state index contributed by atoms with van der Waals surface area (Å²) in [6, 6.07) is 8.78. The SMILES string of the molecule is CCOC(=O)CC(=O)N1CC(c2ccc(Cl)cc2)N(c2ncc(Cl)cc2N)CC1C(C)C. The fraction of sp³-hybridized carbons (Fsp3) is 0.435. The molecule has 2 unspecified atom stereocenters. The lowest BCUT2D eigenvalue weighted by atomic mass is 9.93. The van der Waals surface area contributed by atoms with Gasteiger partial charge in [0.2, 0.25) is 5.91 Å². The Balaban J connectivity index is 2.00.